The van der Waals surface area contributed by atoms with Crippen molar-refractivity contribution < 1.29 is 101 Å². The summed E-state index contributed by atoms with van der Waals surface area (Å²) in [4.78, 5) is 102. The Morgan fingerprint density at radius 3 is 0.909 bits per heavy atom. The van der Waals surface area contributed by atoms with Crippen molar-refractivity contribution in [1.82, 2.24) is 0 Å². The normalized spacial score (nSPS) is 10.3. The third kappa shape index (κ3) is 37.4. The molecule has 3 amide bonds. The molecule has 3 N–H and O–H groups in total. The SMILES string of the molecule is C=C(C)C(=O)OCCOC(=O)N(O)c1cccc(COCCCCCC(=O)CC)c1.C=C(C)C(=O)OCCOC(=O)N(O)c1cccc(COCCCCCC(C)=O)c1.C=C(C)C(=O)OCCOC(=O)N(O)c1cccc(COCCCCCC(C)=O)c1. The van der Waals surface area contributed by atoms with Crippen LogP contribution in [-0.2, 0) is 91.2 Å². The topological polar surface area (TPSA) is 307 Å². The molecule has 0 bridgehead atoms. The van der Waals surface area contributed by atoms with Gasteiger partial charge in [-0.05, 0) is 126 Å². The van der Waals surface area contributed by atoms with E-state index >= 15 is 0 Å². The minimum absolute atomic E-state index is 0.133. The van der Waals surface area contributed by atoms with Gasteiger partial charge in [0.15, 0.2) is 0 Å². The number of ether oxygens (including phenoxy) is 9. The largest absolute Gasteiger partial charge is 0.459 e. The fraction of sp³-hybridized carbons (Fsp3) is 0.484. The number of hydrogen-bond donors (Lipinski definition) is 3. The summed E-state index contributed by atoms with van der Waals surface area (Å²) in [5.41, 5.74) is 3.80. The highest BCUT2D eigenvalue weighted by Gasteiger charge is 2.19. The van der Waals surface area contributed by atoms with E-state index in [1.165, 1.54) is 20.8 Å². The van der Waals surface area contributed by atoms with Gasteiger partial charge in [-0.25, -0.2) is 28.8 Å². The van der Waals surface area contributed by atoms with Gasteiger partial charge in [-0.15, -0.1) is 0 Å². The second-order valence-electron chi connectivity index (χ2n) is 19.9. The van der Waals surface area contributed by atoms with Gasteiger partial charge >= 0.3 is 36.2 Å². The van der Waals surface area contributed by atoms with Crippen LogP contribution in [0.3, 0.4) is 0 Å². The third-order valence-corrected chi connectivity index (χ3v) is 11.7. The van der Waals surface area contributed by atoms with Crippen LogP contribution in [-0.4, -0.2) is 129 Å². The van der Waals surface area contributed by atoms with E-state index in [0.717, 1.165) is 74.5 Å². The predicted molar refractivity (Wildman–Crippen MR) is 325 cm³/mol. The molecule has 486 valence electrons. The zero-order valence-corrected chi connectivity index (χ0v) is 51.8. The Hall–Kier alpha value is -8.13. The van der Waals surface area contributed by atoms with Crippen LogP contribution in [0, 0.1) is 0 Å². The summed E-state index contributed by atoms with van der Waals surface area (Å²) < 4.78 is 45.8. The lowest BCUT2D eigenvalue weighted by Gasteiger charge is -2.16. The lowest BCUT2D eigenvalue weighted by molar-refractivity contribution is -0.140. The molecule has 24 nitrogen and oxygen atoms in total. The monoisotopic (exact) mass is 1240 g/mol. The summed E-state index contributed by atoms with van der Waals surface area (Å²) >= 11 is 0. The molecule has 0 aliphatic rings. The van der Waals surface area contributed by atoms with E-state index in [9.17, 15) is 58.8 Å². The fourth-order valence-corrected chi connectivity index (χ4v) is 6.95. The van der Waals surface area contributed by atoms with Crippen LogP contribution in [0.2, 0.25) is 0 Å². The number of nitrogens with zero attached hydrogens (tertiary/aromatic N) is 3. The minimum Gasteiger partial charge on any atom is -0.459 e. The number of ketones is 3. The molecule has 0 aromatic heterocycles. The molecule has 0 aliphatic carbocycles. The zero-order chi connectivity index (χ0) is 65.7. The van der Waals surface area contributed by atoms with E-state index in [-0.39, 0.29) is 90.8 Å². The van der Waals surface area contributed by atoms with E-state index in [4.69, 9.17) is 42.6 Å². The molecule has 0 saturated heterocycles. The molecule has 0 radical (unpaired) electrons. The van der Waals surface area contributed by atoms with Crippen LogP contribution in [0.15, 0.2) is 109 Å². The second-order valence-corrected chi connectivity index (χ2v) is 19.9. The van der Waals surface area contributed by atoms with Gasteiger partial charge in [0.25, 0.3) is 0 Å². The van der Waals surface area contributed by atoms with Crippen molar-refractivity contribution in [2.24, 2.45) is 0 Å². The summed E-state index contributed by atoms with van der Waals surface area (Å²) in [5.74, 6) is -1.05. The average molecular weight is 1240 g/mol. The first-order chi connectivity index (χ1) is 42.0. The van der Waals surface area contributed by atoms with E-state index in [1.54, 1.807) is 68.4 Å². The van der Waals surface area contributed by atoms with Crippen molar-refractivity contribution in [2.45, 2.75) is 145 Å². The van der Waals surface area contributed by atoms with Crippen LogP contribution >= 0.6 is 0 Å². The van der Waals surface area contributed by atoms with Gasteiger partial charge in [0.1, 0.15) is 57.0 Å². The number of unbranched alkanes of at least 4 members (excludes halogenated alkanes) is 6. The Labute approximate surface area is 515 Å². The van der Waals surface area contributed by atoms with Crippen molar-refractivity contribution in [1.29, 1.82) is 0 Å². The quantitative estimate of drug-likeness (QED) is 0.0119. The first-order valence-corrected chi connectivity index (χ1v) is 28.9. The fourth-order valence-electron chi connectivity index (χ4n) is 6.95. The highest BCUT2D eigenvalue weighted by atomic mass is 16.7. The molecule has 0 unspecified atom stereocenters. The van der Waals surface area contributed by atoms with E-state index < -0.39 is 36.2 Å². The van der Waals surface area contributed by atoms with Crippen LogP contribution < -0.4 is 15.2 Å². The van der Waals surface area contributed by atoms with E-state index in [0.29, 0.717) is 80.5 Å². The van der Waals surface area contributed by atoms with Crippen molar-refractivity contribution in [3.63, 3.8) is 0 Å². The van der Waals surface area contributed by atoms with Crippen molar-refractivity contribution in [3.8, 4) is 0 Å². The second kappa shape index (κ2) is 47.0. The molecule has 0 heterocycles. The Bertz CT molecular complexity index is 2570. The van der Waals surface area contributed by atoms with E-state index in [2.05, 4.69) is 19.7 Å². The maximum absolute atomic E-state index is 11.9. The number of hydroxylamine groups is 3. The van der Waals surface area contributed by atoms with Gasteiger partial charge in [-0.1, -0.05) is 82.3 Å². The maximum atomic E-state index is 11.9. The predicted octanol–water partition coefficient (Wildman–Crippen LogP) is 11.8. The van der Waals surface area contributed by atoms with Gasteiger partial charge in [0, 0.05) is 62.2 Å². The summed E-state index contributed by atoms with van der Waals surface area (Å²) in [6, 6.07) is 20.0. The number of anilines is 3. The molecule has 3 aromatic carbocycles. The molecule has 3 aromatic rings. The van der Waals surface area contributed by atoms with Crippen molar-refractivity contribution >= 4 is 70.6 Å². The lowest BCUT2D eigenvalue weighted by atomic mass is 10.1. The van der Waals surface area contributed by atoms with Crippen molar-refractivity contribution in [2.75, 3.05) is 74.7 Å². The molecule has 0 fully saturated rings. The molecule has 0 saturated carbocycles. The number of carbonyl (C=O) groups is 9. The van der Waals surface area contributed by atoms with Crippen molar-refractivity contribution in [3.05, 3.63) is 126 Å². The number of rotatable bonds is 40. The molecule has 24 heteroatoms. The molecule has 88 heavy (non-hydrogen) atoms. The molecule has 3 rings (SSSR count). The minimum atomic E-state index is -0.986. The molecule has 0 spiro atoms. The lowest BCUT2D eigenvalue weighted by Crippen LogP contribution is -2.29. The number of amides is 3. The average Bonchev–Trinajstić information content (AvgIpc) is 2.62. The molecule has 0 atom stereocenters. The Morgan fingerprint density at radius 1 is 0.375 bits per heavy atom. The maximum Gasteiger partial charge on any atom is 0.438 e. The Kier molecular flexibility index (Phi) is 41.6. The Morgan fingerprint density at radius 2 is 0.648 bits per heavy atom. The number of esters is 3. The number of benzene rings is 3. The van der Waals surface area contributed by atoms with Crippen LogP contribution in [0.1, 0.15) is 142 Å². The highest BCUT2D eigenvalue weighted by Crippen LogP contribution is 2.20. The van der Waals surface area contributed by atoms with Gasteiger partial charge in [0.05, 0.1) is 36.9 Å². The van der Waals surface area contributed by atoms with Crippen LogP contribution in [0.5, 0.6) is 0 Å². The van der Waals surface area contributed by atoms with Crippen LogP contribution in [0.25, 0.3) is 0 Å². The molecular weight excluding hydrogens is 1150 g/mol. The van der Waals surface area contributed by atoms with Gasteiger partial charge in [-0.2, -0.15) is 15.2 Å². The zero-order valence-electron chi connectivity index (χ0n) is 51.8. The first kappa shape index (κ1) is 77.9. The third-order valence-electron chi connectivity index (χ3n) is 11.7. The molecule has 0 aliphatic heterocycles. The van der Waals surface area contributed by atoms with Gasteiger partial charge in [-0.3, -0.25) is 20.4 Å². The van der Waals surface area contributed by atoms with Gasteiger partial charge < -0.3 is 52.2 Å². The number of carbonyl (C=O) groups excluding carboxylic acids is 9. The van der Waals surface area contributed by atoms with Gasteiger partial charge in [0.2, 0.25) is 0 Å². The summed E-state index contributed by atoms with van der Waals surface area (Å²) in [5, 5.41) is 31.1. The summed E-state index contributed by atoms with van der Waals surface area (Å²) in [6.07, 6.45) is 7.43. The summed E-state index contributed by atoms with van der Waals surface area (Å²) in [7, 11) is 0. The van der Waals surface area contributed by atoms with E-state index in [1.807, 2.05) is 25.1 Å². The molecular formula is C64H89N3O21. The number of hydrogen-bond acceptors (Lipinski definition) is 21. The summed E-state index contributed by atoms with van der Waals surface area (Å²) in [6.45, 7) is 21.6. The number of Topliss-reactive ketones (excluding diaryl/α,β-unsaturated/α-hetero) is 3. The van der Waals surface area contributed by atoms with Crippen LogP contribution in [0.4, 0.5) is 31.4 Å². The first-order valence-electron chi connectivity index (χ1n) is 28.9. The smallest absolute Gasteiger partial charge is 0.438 e. The highest BCUT2D eigenvalue weighted by molar-refractivity contribution is 5.89. The Balaban J connectivity index is 0.000000660. The standard InChI is InChI=1S/C22H31NO7.2C21H29NO7/c1-4-20(24)11-6-5-7-12-28-16-18-9-8-10-19(15-18)23(27)22(26)30-14-13-29-21(25)17(2)3;2*1-16(2)20(24)28-12-13-29-21(25)22(26)19-10-7-9-18(14-19)15-27-11-6-4-5-8-17(3)23/h8-10,15,27H,2,4-7,11-14,16H2,1,3H3;2*7,9-10,14,26H,1,4-6,8,11-13,15H2,2-3H3.